The standard InChI is InChI=1S/C15H22N4.C11H14FNO3/c1-3-11-4-6-12(7-5-11)19(2)15-13-8-9-16-14(13)17-10-18-15;12-9-2-1-3-10(6-9)16-8-11(14)4-5-13(15)7-11/h8-12H,3-7H2,1-2H3,(H,16,17,18);1-3,6,14-15H,4-5,7-8H2/t;11-/m.0/s1. The molecule has 1 aliphatic carbocycles. The monoisotopic (exact) mass is 485 g/mol. The van der Waals surface area contributed by atoms with Crippen molar-refractivity contribution < 1.29 is 19.4 Å². The van der Waals surface area contributed by atoms with Gasteiger partial charge in [0.15, 0.2) is 0 Å². The van der Waals surface area contributed by atoms with Crippen LogP contribution in [0.15, 0.2) is 42.9 Å². The predicted octanol–water partition coefficient (Wildman–Crippen LogP) is 4.39. The van der Waals surface area contributed by atoms with Crippen molar-refractivity contribution in [3.8, 4) is 5.75 Å². The zero-order valence-electron chi connectivity index (χ0n) is 20.5. The van der Waals surface area contributed by atoms with E-state index in [2.05, 4.69) is 39.9 Å². The highest BCUT2D eigenvalue weighted by atomic mass is 19.1. The van der Waals surface area contributed by atoms with Crippen molar-refractivity contribution in [3.05, 3.63) is 48.7 Å². The fourth-order valence-corrected chi connectivity index (χ4v) is 4.98. The zero-order valence-corrected chi connectivity index (χ0v) is 20.5. The summed E-state index contributed by atoms with van der Waals surface area (Å²) in [6.45, 7) is 2.93. The van der Waals surface area contributed by atoms with Crippen LogP contribution in [0.25, 0.3) is 11.0 Å². The molecule has 0 amide bonds. The number of hydrogen-bond donors (Lipinski definition) is 3. The Kier molecular flexibility index (Phi) is 8.20. The first-order chi connectivity index (χ1) is 16.9. The van der Waals surface area contributed by atoms with E-state index in [0.29, 0.717) is 24.8 Å². The minimum absolute atomic E-state index is 0.0491. The summed E-state index contributed by atoms with van der Waals surface area (Å²) in [5.74, 6) is 2.00. The molecule has 5 rings (SSSR count). The van der Waals surface area contributed by atoms with Crippen LogP contribution in [-0.4, -0.2) is 68.7 Å². The average Bonchev–Trinajstić information content (AvgIpc) is 3.49. The second kappa shape index (κ2) is 11.3. The van der Waals surface area contributed by atoms with Crippen molar-refractivity contribution in [3.63, 3.8) is 0 Å². The van der Waals surface area contributed by atoms with Crippen molar-refractivity contribution >= 4 is 16.9 Å². The van der Waals surface area contributed by atoms with E-state index >= 15 is 0 Å². The number of aromatic nitrogens is 3. The molecular formula is C26H36FN5O3. The fraction of sp³-hybridized carbons (Fsp3) is 0.538. The first kappa shape index (κ1) is 25.3. The average molecular weight is 486 g/mol. The maximum atomic E-state index is 12.8. The molecule has 3 heterocycles. The molecule has 1 saturated carbocycles. The normalized spacial score (nSPS) is 24.7. The zero-order chi connectivity index (χ0) is 24.8. The molecule has 190 valence electrons. The minimum Gasteiger partial charge on any atom is -0.490 e. The maximum absolute atomic E-state index is 12.8. The maximum Gasteiger partial charge on any atom is 0.142 e. The van der Waals surface area contributed by atoms with E-state index in [9.17, 15) is 9.50 Å². The molecule has 1 aliphatic heterocycles. The van der Waals surface area contributed by atoms with Gasteiger partial charge in [-0.25, -0.2) is 14.4 Å². The summed E-state index contributed by atoms with van der Waals surface area (Å²) in [5, 5.41) is 21.3. The highest BCUT2D eigenvalue weighted by Gasteiger charge is 2.36. The number of benzene rings is 1. The van der Waals surface area contributed by atoms with Gasteiger partial charge in [0.2, 0.25) is 0 Å². The van der Waals surface area contributed by atoms with E-state index in [0.717, 1.165) is 27.8 Å². The highest BCUT2D eigenvalue weighted by molar-refractivity contribution is 5.87. The molecule has 35 heavy (non-hydrogen) atoms. The fourth-order valence-electron chi connectivity index (χ4n) is 4.98. The number of aliphatic hydroxyl groups is 1. The lowest BCUT2D eigenvalue weighted by Gasteiger charge is -2.35. The van der Waals surface area contributed by atoms with Gasteiger partial charge in [-0.2, -0.15) is 5.06 Å². The van der Waals surface area contributed by atoms with Crippen LogP contribution in [0.4, 0.5) is 10.2 Å². The number of halogens is 1. The van der Waals surface area contributed by atoms with Gasteiger partial charge in [0, 0.05) is 31.9 Å². The summed E-state index contributed by atoms with van der Waals surface area (Å²) in [6.07, 6.45) is 10.6. The molecule has 1 saturated heterocycles. The van der Waals surface area contributed by atoms with Gasteiger partial charge in [-0.1, -0.05) is 19.4 Å². The van der Waals surface area contributed by atoms with Crippen molar-refractivity contribution in [2.45, 2.75) is 57.1 Å². The van der Waals surface area contributed by atoms with Crippen molar-refractivity contribution in [2.75, 3.05) is 31.6 Å². The summed E-state index contributed by atoms with van der Waals surface area (Å²) in [5.41, 5.74) is -0.125. The van der Waals surface area contributed by atoms with Crippen LogP contribution in [0.5, 0.6) is 5.75 Å². The van der Waals surface area contributed by atoms with E-state index in [-0.39, 0.29) is 19.0 Å². The molecular weight excluding hydrogens is 449 g/mol. The van der Waals surface area contributed by atoms with Gasteiger partial charge in [-0.05, 0) is 56.2 Å². The lowest BCUT2D eigenvalue weighted by Crippen LogP contribution is -2.38. The number of hydrogen-bond acceptors (Lipinski definition) is 7. The van der Waals surface area contributed by atoms with Gasteiger partial charge in [0.05, 0.1) is 11.9 Å². The molecule has 0 unspecified atom stereocenters. The van der Waals surface area contributed by atoms with Crippen LogP contribution in [0.2, 0.25) is 0 Å². The lowest BCUT2D eigenvalue weighted by atomic mass is 9.84. The molecule has 9 heteroatoms. The lowest BCUT2D eigenvalue weighted by molar-refractivity contribution is -0.0961. The van der Waals surface area contributed by atoms with Crippen LogP contribution >= 0.6 is 0 Å². The van der Waals surface area contributed by atoms with Crippen molar-refractivity contribution in [1.82, 2.24) is 20.0 Å². The second-order valence-electron chi connectivity index (χ2n) is 9.74. The number of nitrogens with one attached hydrogen (secondary N) is 1. The summed E-state index contributed by atoms with van der Waals surface area (Å²) in [6, 6.07) is 8.44. The summed E-state index contributed by atoms with van der Waals surface area (Å²) >= 11 is 0. The Morgan fingerprint density at radius 3 is 2.71 bits per heavy atom. The quantitative estimate of drug-likeness (QED) is 0.476. The number of aromatic amines is 1. The van der Waals surface area contributed by atoms with Gasteiger partial charge in [0.25, 0.3) is 0 Å². The van der Waals surface area contributed by atoms with Crippen LogP contribution in [-0.2, 0) is 0 Å². The molecule has 1 aromatic carbocycles. The van der Waals surface area contributed by atoms with Gasteiger partial charge in [0.1, 0.15) is 41.6 Å². The Morgan fingerprint density at radius 1 is 1.23 bits per heavy atom. The number of rotatable bonds is 6. The van der Waals surface area contributed by atoms with Crippen LogP contribution < -0.4 is 9.64 Å². The number of ether oxygens (including phenoxy) is 1. The van der Waals surface area contributed by atoms with Gasteiger partial charge >= 0.3 is 0 Å². The van der Waals surface area contributed by atoms with Crippen LogP contribution in [0.3, 0.4) is 0 Å². The molecule has 1 atom stereocenters. The molecule has 8 nitrogen and oxygen atoms in total. The number of anilines is 1. The topological polar surface area (TPSA) is 97.7 Å². The Morgan fingerprint density at radius 2 is 2.03 bits per heavy atom. The van der Waals surface area contributed by atoms with Crippen LogP contribution in [0, 0.1) is 11.7 Å². The third kappa shape index (κ3) is 6.48. The molecule has 2 aromatic heterocycles. The SMILES string of the molecule is CCC1CCC(N(C)c2ncnc3[nH]ccc23)CC1.ON1CC[C@@](O)(COc2cccc(F)c2)C1. The van der Waals surface area contributed by atoms with E-state index < -0.39 is 5.60 Å². The third-order valence-electron chi connectivity index (χ3n) is 7.22. The second-order valence-corrected chi connectivity index (χ2v) is 9.74. The minimum atomic E-state index is -1.05. The van der Waals surface area contributed by atoms with Gasteiger partial charge in [-0.3, -0.25) is 0 Å². The molecule has 0 bridgehead atoms. The summed E-state index contributed by atoms with van der Waals surface area (Å²) < 4.78 is 18.1. The van der Waals surface area contributed by atoms with Crippen molar-refractivity contribution in [2.24, 2.45) is 5.92 Å². The molecule has 0 spiro atoms. The molecule has 2 aliphatic rings. The van der Waals surface area contributed by atoms with E-state index in [1.807, 2.05) is 6.20 Å². The van der Waals surface area contributed by atoms with E-state index in [4.69, 9.17) is 9.94 Å². The smallest absolute Gasteiger partial charge is 0.142 e. The Balaban J connectivity index is 0.000000168. The predicted molar refractivity (Wildman–Crippen MR) is 133 cm³/mol. The number of hydroxylamine groups is 2. The number of fused-ring (bicyclic) bond motifs is 1. The summed E-state index contributed by atoms with van der Waals surface area (Å²) in [4.78, 5) is 14.3. The molecule has 3 N–H and O–H groups in total. The number of β-amino-alcohol motifs (C(OH)–C–C–N with tert-alkyl or cyclic N) is 1. The first-order valence-corrected chi connectivity index (χ1v) is 12.4. The van der Waals surface area contributed by atoms with E-state index in [1.165, 1.54) is 44.2 Å². The molecule has 2 fully saturated rings. The Labute approximate surface area is 205 Å². The van der Waals surface area contributed by atoms with E-state index in [1.54, 1.807) is 18.5 Å². The molecule has 3 aromatic rings. The molecule has 0 radical (unpaired) electrons. The summed E-state index contributed by atoms with van der Waals surface area (Å²) in [7, 11) is 2.17. The highest BCUT2D eigenvalue weighted by Crippen LogP contribution is 2.32. The van der Waals surface area contributed by atoms with Gasteiger partial charge < -0.3 is 24.9 Å². The van der Waals surface area contributed by atoms with Crippen molar-refractivity contribution in [1.29, 1.82) is 0 Å². The Bertz CT molecular complexity index is 1090. The Hall–Kier alpha value is -2.75. The number of nitrogens with zero attached hydrogens (tertiary/aromatic N) is 4. The first-order valence-electron chi connectivity index (χ1n) is 12.4. The van der Waals surface area contributed by atoms with Crippen LogP contribution in [0.1, 0.15) is 45.4 Å². The largest absolute Gasteiger partial charge is 0.490 e. The number of H-pyrrole nitrogens is 1. The van der Waals surface area contributed by atoms with Gasteiger partial charge in [-0.15, -0.1) is 0 Å². The third-order valence-corrected chi connectivity index (χ3v) is 7.22.